The van der Waals surface area contributed by atoms with Crippen LogP contribution in [0.5, 0.6) is 5.75 Å². The molecular formula is C17H24FNO3. The molecule has 4 nitrogen and oxygen atoms in total. The number of rotatable bonds is 7. The van der Waals surface area contributed by atoms with Crippen LogP contribution < -0.4 is 4.74 Å². The molecule has 2 rings (SSSR count). The number of carbonyl (C=O) groups is 1. The van der Waals surface area contributed by atoms with Crippen LogP contribution in [0.15, 0.2) is 24.3 Å². The van der Waals surface area contributed by atoms with Crippen molar-refractivity contribution in [3.8, 4) is 5.75 Å². The van der Waals surface area contributed by atoms with E-state index in [1.54, 1.807) is 12.1 Å². The SMILES string of the molecule is CCOC(=O)[C@H]1CCCN(CCCOc2ccc(F)cc2)C1. The van der Waals surface area contributed by atoms with E-state index >= 15 is 0 Å². The van der Waals surface area contributed by atoms with E-state index in [2.05, 4.69) is 4.90 Å². The molecule has 0 unspecified atom stereocenters. The lowest BCUT2D eigenvalue weighted by Gasteiger charge is -2.31. The van der Waals surface area contributed by atoms with Gasteiger partial charge in [-0.2, -0.15) is 0 Å². The second-order valence-corrected chi connectivity index (χ2v) is 5.55. The van der Waals surface area contributed by atoms with Crippen molar-refractivity contribution in [3.63, 3.8) is 0 Å². The molecule has 0 bridgehead atoms. The molecule has 0 spiro atoms. The van der Waals surface area contributed by atoms with Gasteiger partial charge in [0, 0.05) is 13.1 Å². The maximum absolute atomic E-state index is 12.8. The fraction of sp³-hybridized carbons (Fsp3) is 0.588. The van der Waals surface area contributed by atoms with Gasteiger partial charge in [0.2, 0.25) is 0 Å². The molecule has 1 aliphatic rings. The number of hydrogen-bond acceptors (Lipinski definition) is 4. The lowest BCUT2D eigenvalue weighted by molar-refractivity contribution is -0.149. The van der Waals surface area contributed by atoms with Gasteiger partial charge in [-0.1, -0.05) is 0 Å². The third-order valence-corrected chi connectivity index (χ3v) is 3.83. The van der Waals surface area contributed by atoms with Crippen LogP contribution in [0, 0.1) is 11.7 Å². The first-order chi connectivity index (χ1) is 10.7. The molecule has 1 aromatic rings. The molecule has 1 saturated heterocycles. The summed E-state index contributed by atoms with van der Waals surface area (Å²) in [6.45, 7) is 5.57. The topological polar surface area (TPSA) is 38.8 Å². The molecule has 0 amide bonds. The summed E-state index contributed by atoms with van der Waals surface area (Å²) >= 11 is 0. The number of nitrogens with zero attached hydrogens (tertiary/aromatic N) is 1. The molecule has 0 N–H and O–H groups in total. The van der Waals surface area contributed by atoms with E-state index in [4.69, 9.17) is 9.47 Å². The third kappa shape index (κ3) is 5.30. The standard InChI is InChI=1S/C17H24FNO3/c1-2-21-17(20)14-5-3-10-19(13-14)11-4-12-22-16-8-6-15(18)7-9-16/h6-9,14H,2-5,10-13H2,1H3/t14-/m0/s1. The minimum absolute atomic E-state index is 0.00622. The average molecular weight is 309 g/mol. The number of carbonyl (C=O) groups excluding carboxylic acids is 1. The van der Waals surface area contributed by atoms with Gasteiger partial charge in [0.1, 0.15) is 11.6 Å². The molecule has 1 fully saturated rings. The minimum Gasteiger partial charge on any atom is -0.494 e. The van der Waals surface area contributed by atoms with Crippen molar-refractivity contribution in [2.75, 3.05) is 32.8 Å². The van der Waals surface area contributed by atoms with Crippen molar-refractivity contribution >= 4 is 5.97 Å². The average Bonchev–Trinajstić information content (AvgIpc) is 2.54. The van der Waals surface area contributed by atoms with E-state index in [0.29, 0.717) is 19.0 Å². The number of benzene rings is 1. The highest BCUT2D eigenvalue weighted by Gasteiger charge is 2.26. The maximum atomic E-state index is 12.8. The van der Waals surface area contributed by atoms with Gasteiger partial charge in [0.25, 0.3) is 0 Å². The van der Waals surface area contributed by atoms with Crippen LogP contribution in [0.3, 0.4) is 0 Å². The van der Waals surface area contributed by atoms with Crippen molar-refractivity contribution in [1.82, 2.24) is 4.90 Å². The number of likely N-dealkylation sites (tertiary alicyclic amines) is 1. The first-order valence-electron chi connectivity index (χ1n) is 7.96. The highest BCUT2D eigenvalue weighted by molar-refractivity contribution is 5.72. The van der Waals surface area contributed by atoms with E-state index in [9.17, 15) is 9.18 Å². The Bertz CT molecular complexity index is 463. The number of halogens is 1. The van der Waals surface area contributed by atoms with Crippen LogP contribution in [0.4, 0.5) is 4.39 Å². The summed E-state index contributed by atoms with van der Waals surface area (Å²) in [5.74, 6) is 0.358. The molecule has 0 radical (unpaired) electrons. The van der Waals surface area contributed by atoms with Crippen LogP contribution in [-0.2, 0) is 9.53 Å². The van der Waals surface area contributed by atoms with E-state index in [0.717, 1.165) is 38.9 Å². The third-order valence-electron chi connectivity index (χ3n) is 3.83. The van der Waals surface area contributed by atoms with Crippen molar-refractivity contribution in [3.05, 3.63) is 30.1 Å². The van der Waals surface area contributed by atoms with Gasteiger partial charge in [-0.25, -0.2) is 4.39 Å². The zero-order valence-corrected chi connectivity index (χ0v) is 13.1. The van der Waals surface area contributed by atoms with Crippen LogP contribution in [0.25, 0.3) is 0 Å². The van der Waals surface area contributed by atoms with Crippen LogP contribution in [0.1, 0.15) is 26.2 Å². The minimum atomic E-state index is -0.259. The van der Waals surface area contributed by atoms with E-state index in [-0.39, 0.29) is 17.7 Å². The summed E-state index contributed by atoms with van der Waals surface area (Å²) in [5, 5.41) is 0. The Morgan fingerprint density at radius 2 is 2.14 bits per heavy atom. The summed E-state index contributed by atoms with van der Waals surface area (Å²) < 4.78 is 23.5. The summed E-state index contributed by atoms with van der Waals surface area (Å²) in [6, 6.07) is 6.05. The monoisotopic (exact) mass is 309 g/mol. The molecule has 1 atom stereocenters. The Balaban J connectivity index is 1.66. The van der Waals surface area contributed by atoms with Crippen LogP contribution in [0.2, 0.25) is 0 Å². The zero-order chi connectivity index (χ0) is 15.8. The largest absolute Gasteiger partial charge is 0.494 e. The first kappa shape index (κ1) is 16.7. The summed E-state index contributed by atoms with van der Waals surface area (Å²) in [7, 11) is 0. The quantitative estimate of drug-likeness (QED) is 0.573. The molecule has 1 aromatic carbocycles. The number of esters is 1. The van der Waals surface area contributed by atoms with E-state index < -0.39 is 0 Å². The highest BCUT2D eigenvalue weighted by Crippen LogP contribution is 2.18. The summed E-state index contributed by atoms with van der Waals surface area (Å²) in [4.78, 5) is 14.1. The Morgan fingerprint density at radius 3 is 2.86 bits per heavy atom. The molecular weight excluding hydrogens is 285 g/mol. The van der Waals surface area contributed by atoms with E-state index in [1.165, 1.54) is 12.1 Å². The van der Waals surface area contributed by atoms with Gasteiger partial charge >= 0.3 is 5.97 Å². The second-order valence-electron chi connectivity index (χ2n) is 5.55. The molecule has 122 valence electrons. The number of piperidine rings is 1. The Hall–Kier alpha value is -1.62. The highest BCUT2D eigenvalue weighted by atomic mass is 19.1. The smallest absolute Gasteiger partial charge is 0.310 e. The van der Waals surface area contributed by atoms with Gasteiger partial charge < -0.3 is 14.4 Å². The van der Waals surface area contributed by atoms with E-state index in [1.807, 2.05) is 6.92 Å². The first-order valence-corrected chi connectivity index (χ1v) is 7.96. The molecule has 1 heterocycles. The van der Waals surface area contributed by atoms with Gasteiger partial charge in [-0.3, -0.25) is 4.79 Å². The predicted octanol–water partition coefficient (Wildman–Crippen LogP) is 2.87. The van der Waals surface area contributed by atoms with Gasteiger partial charge in [0.15, 0.2) is 0 Å². The van der Waals surface area contributed by atoms with Crippen molar-refractivity contribution in [1.29, 1.82) is 0 Å². The summed E-state index contributed by atoms with van der Waals surface area (Å²) in [5.41, 5.74) is 0. The van der Waals surface area contributed by atoms with Crippen molar-refractivity contribution in [2.45, 2.75) is 26.2 Å². The maximum Gasteiger partial charge on any atom is 0.310 e. The fourth-order valence-electron chi connectivity index (χ4n) is 2.72. The van der Waals surface area contributed by atoms with Gasteiger partial charge in [-0.15, -0.1) is 0 Å². The van der Waals surface area contributed by atoms with Gasteiger partial charge in [-0.05, 0) is 57.0 Å². The van der Waals surface area contributed by atoms with Gasteiger partial charge in [0.05, 0.1) is 19.1 Å². The number of hydrogen-bond donors (Lipinski definition) is 0. The molecule has 0 aliphatic carbocycles. The number of ether oxygens (including phenoxy) is 2. The lowest BCUT2D eigenvalue weighted by atomic mass is 9.98. The van der Waals surface area contributed by atoms with Crippen LogP contribution in [-0.4, -0.2) is 43.7 Å². The Labute approximate surface area is 131 Å². The molecule has 0 aromatic heterocycles. The second kappa shape index (κ2) is 8.73. The lowest BCUT2D eigenvalue weighted by Crippen LogP contribution is -2.40. The fourth-order valence-corrected chi connectivity index (χ4v) is 2.72. The molecule has 5 heteroatoms. The zero-order valence-electron chi connectivity index (χ0n) is 13.1. The predicted molar refractivity (Wildman–Crippen MR) is 82.3 cm³/mol. The molecule has 22 heavy (non-hydrogen) atoms. The van der Waals surface area contributed by atoms with Crippen molar-refractivity contribution < 1.29 is 18.7 Å². The Morgan fingerprint density at radius 1 is 1.36 bits per heavy atom. The molecule has 1 aliphatic heterocycles. The van der Waals surface area contributed by atoms with Crippen LogP contribution >= 0.6 is 0 Å². The summed E-state index contributed by atoms with van der Waals surface area (Å²) in [6.07, 6.45) is 2.83. The normalized spacial score (nSPS) is 18.9. The van der Waals surface area contributed by atoms with Crippen molar-refractivity contribution in [2.24, 2.45) is 5.92 Å². The Kier molecular flexibility index (Phi) is 6.65. The molecule has 0 saturated carbocycles.